The van der Waals surface area contributed by atoms with Crippen molar-refractivity contribution in [2.45, 2.75) is 137 Å². The van der Waals surface area contributed by atoms with Crippen LogP contribution in [0.3, 0.4) is 0 Å². The third-order valence-electron chi connectivity index (χ3n) is 24.4. The number of hydrogen-bond donors (Lipinski definition) is 5. The van der Waals surface area contributed by atoms with Crippen LogP contribution < -0.4 is 43.5 Å². The van der Waals surface area contributed by atoms with Gasteiger partial charge in [0.05, 0.1) is 62.9 Å². The van der Waals surface area contributed by atoms with Gasteiger partial charge in [-0.2, -0.15) is 19.9 Å². The lowest BCUT2D eigenvalue weighted by molar-refractivity contribution is 0.0133. The Morgan fingerprint density at radius 1 is 0.376 bits per heavy atom. The molecule has 2 unspecified atom stereocenters. The normalized spacial score (nSPS) is 18.9. The number of halogens is 4. The molecule has 0 aromatic carbocycles. The average Bonchev–Trinajstić information content (AvgIpc) is 1.53. The van der Waals surface area contributed by atoms with E-state index in [0.29, 0.717) is 142 Å². The maximum absolute atomic E-state index is 12.4. The molecule has 0 radical (unpaired) electrons. The summed E-state index contributed by atoms with van der Waals surface area (Å²) in [5.74, 6) is 2.21. The number of morpholine rings is 2. The molecule has 8 fully saturated rings. The molecule has 7 saturated heterocycles. The van der Waals surface area contributed by atoms with Crippen LogP contribution in [-0.2, 0) is 59.2 Å². The van der Waals surface area contributed by atoms with Crippen molar-refractivity contribution in [3.05, 3.63) is 90.6 Å². The number of nitrogens with two attached hydrogens (primary N) is 4. The van der Waals surface area contributed by atoms with Crippen LogP contribution in [0.5, 0.6) is 0 Å². The summed E-state index contributed by atoms with van der Waals surface area (Å²) < 4.78 is 47.0. The van der Waals surface area contributed by atoms with E-state index in [2.05, 4.69) is 137 Å². The predicted molar refractivity (Wildman–Crippen MR) is 533 cm³/mol. The van der Waals surface area contributed by atoms with Crippen LogP contribution in [0, 0.1) is 0 Å². The summed E-state index contributed by atoms with van der Waals surface area (Å²) in [6.07, 6.45) is 20.4. The van der Waals surface area contributed by atoms with Gasteiger partial charge < -0.3 is 104 Å². The summed E-state index contributed by atoms with van der Waals surface area (Å²) in [6.45, 7) is 45.6. The Bertz CT molecular complexity index is 6220. The highest BCUT2D eigenvalue weighted by Crippen LogP contribution is 2.58. The number of aromatic nitrogens is 24. The first-order valence-electron chi connectivity index (χ1n) is 46.7. The fourth-order valence-electron chi connectivity index (χ4n) is 16.5. The number of hydrogen-bond acceptors (Lipinski definition) is 41. The molecular weight excluding hydrogens is 1900 g/mol. The van der Waals surface area contributed by atoms with E-state index in [9.17, 15) is 14.4 Å². The van der Waals surface area contributed by atoms with Gasteiger partial charge in [-0.05, 0) is 99.4 Å². The fraction of sp³-hybridized carbons (Fsp3) is 0.557. The van der Waals surface area contributed by atoms with Gasteiger partial charge in [0.1, 0.15) is 56.0 Å². The average molecular weight is 2020 g/mol. The molecule has 754 valence electrons. The second-order valence-electron chi connectivity index (χ2n) is 38.1. The molecule has 0 spiro atoms. The van der Waals surface area contributed by atoms with Gasteiger partial charge in [0, 0.05) is 261 Å². The highest BCUT2D eigenvalue weighted by molar-refractivity contribution is 6.62. The minimum Gasteiger partial charge on any atom is -0.444 e. The molecule has 3 amide bonds. The Balaban J connectivity index is 0.000000136. The molecule has 9 N–H and O–H groups in total. The SMILES string of the molecule is CC(C)(C)OC(=O)N1CCN(CCn2cnc3c(-c4cnc(N)nc4)nc(Cl)nc32)CC1.CC(C)(C)OC(=O)N1CCN(CCn2cnc3c(-c4cnc(N)nc4)nc(N4CCOCC4)nc32)CC1.CC(C)(C)OC(=O)N1CCN(CCn2cnc3c(Cl)nc(Cl)nc32)CC1.CC12CC1(C)OB(c1cnc(N)nc1)O2.Cl.Nc1ncc(-c2nc(N3CCOCC3)nc3c2ncn3CCN2CCNCC2)cn1. The Kier molecular flexibility index (Phi) is 33.0. The van der Waals surface area contributed by atoms with Gasteiger partial charge in [-0.1, -0.05) is 11.6 Å². The molecule has 1 saturated carbocycles. The first kappa shape index (κ1) is 103. The van der Waals surface area contributed by atoms with Gasteiger partial charge in [0.25, 0.3) is 0 Å². The molecule has 1 aliphatic carbocycles. The summed E-state index contributed by atoms with van der Waals surface area (Å²) >= 11 is 18.1. The number of fused-ring (bicyclic) bond motifs is 5. The molecule has 8 aliphatic rings. The zero-order valence-corrected chi connectivity index (χ0v) is 84.1. The van der Waals surface area contributed by atoms with Crippen LogP contribution in [0.1, 0.15) is 82.6 Å². The van der Waals surface area contributed by atoms with Crippen molar-refractivity contribution in [2.24, 2.45) is 0 Å². The van der Waals surface area contributed by atoms with Gasteiger partial charge in [0.15, 0.2) is 27.7 Å². The van der Waals surface area contributed by atoms with E-state index in [1.54, 1.807) is 83.3 Å². The third-order valence-corrected chi connectivity index (χ3v) is 25.0. The van der Waals surface area contributed by atoms with Crippen LogP contribution in [-0.4, -0.2) is 389 Å². The summed E-state index contributed by atoms with van der Waals surface area (Å²) in [6, 6.07) is 0. The van der Waals surface area contributed by atoms with Gasteiger partial charge in [-0.25, -0.2) is 94.1 Å². The number of carbonyl (C=O) groups is 3. The fourth-order valence-corrected chi connectivity index (χ4v) is 17.1. The molecule has 20 rings (SSSR count). The van der Waals surface area contributed by atoms with Crippen molar-refractivity contribution in [3.8, 4) is 33.8 Å². The Hall–Kier alpha value is -12.0. The molecule has 141 heavy (non-hydrogen) atoms. The number of anilines is 6. The van der Waals surface area contributed by atoms with Gasteiger partial charge >= 0.3 is 25.4 Å². The number of nitrogen functional groups attached to an aromatic ring is 4. The Morgan fingerprint density at radius 2 is 0.667 bits per heavy atom. The minimum absolute atomic E-state index is 0. The van der Waals surface area contributed by atoms with Crippen LogP contribution in [0.25, 0.3) is 78.4 Å². The van der Waals surface area contributed by atoms with Crippen LogP contribution in [0.4, 0.5) is 50.1 Å². The summed E-state index contributed by atoms with van der Waals surface area (Å²) in [5, 5.41) is 3.88. The lowest BCUT2D eigenvalue weighted by Gasteiger charge is -2.35. The number of carbonyl (C=O) groups excluding carboxylic acids is 3. The summed E-state index contributed by atoms with van der Waals surface area (Å²) in [7, 11) is -0.352. The van der Waals surface area contributed by atoms with Crippen molar-refractivity contribution < 1.29 is 47.4 Å². The first-order valence-corrected chi connectivity index (χ1v) is 47.9. The summed E-state index contributed by atoms with van der Waals surface area (Å²) in [5.41, 5.74) is 31.1. The number of nitrogens with zero attached hydrogens (tertiary/aromatic N) is 33. The third kappa shape index (κ3) is 26.7. The van der Waals surface area contributed by atoms with E-state index in [4.69, 9.17) is 111 Å². The zero-order chi connectivity index (χ0) is 98.8. The van der Waals surface area contributed by atoms with E-state index in [1.807, 2.05) is 77.8 Å². The van der Waals surface area contributed by atoms with Crippen LogP contribution in [0.15, 0.2) is 74.9 Å². The molecule has 53 heteroatoms. The van der Waals surface area contributed by atoms with E-state index in [-0.39, 0.29) is 88.5 Å². The maximum atomic E-state index is 12.4. The maximum Gasteiger partial charge on any atom is 0.498 e. The number of nitrogens with one attached hydrogen (secondary N) is 1. The molecular formula is C88H121BCl4N38O10. The summed E-state index contributed by atoms with van der Waals surface area (Å²) in [4.78, 5) is 142. The Labute approximate surface area is 836 Å². The van der Waals surface area contributed by atoms with E-state index in [1.165, 1.54) is 0 Å². The van der Waals surface area contributed by atoms with Crippen LogP contribution in [0.2, 0.25) is 15.7 Å². The standard InChI is InChI=1S/C24H34N10O3.C20H26ClN9O2.C19H26N10O.C16H22Cl2N6O2.C9H12BN3O2.ClH/c1-24(2,3)37-23(35)33-7-4-31(5-8-33)6-9-34-16-28-19-18(17-14-26-21(25)27-15-17)29-22(30-20(19)34)32-10-12-36-13-11-32;1-20(2,3)32-19(31)29-7-4-28(5-8-29)6-9-30-12-25-15-14(26-17(21)27-16(15)30)13-10-23-18(22)24-11-13;20-18-22-11-14(12-23-18)15-16-17(26-19(25-15)28-7-9-30-10-8-28)29(13-24-16)6-5-27-3-1-21-2-4-27;1-16(2,3)26-15(25)23-7-4-22(5-8-23)6-9-24-10-19-11-12(17)20-14(18)21-13(11)24;1-8-5-9(8,2)15-10(14-8)6-3-12-7(11)13-4-6;/h14-16H,4-13H2,1-3H3,(H2,25,26,27);10-12H,4-9H2,1-3H3,(H2,22,23,24);11-13,21H,1-10H2,(H2,20,22,23);10H,4-9H2,1-3H3;3-4H,5H2,1-2H3,(H2,11,12,13);1H. The van der Waals surface area contributed by atoms with E-state index in [0.717, 1.165) is 170 Å². The van der Waals surface area contributed by atoms with Crippen molar-refractivity contribution in [1.82, 2.24) is 158 Å². The first-order chi connectivity index (χ1) is 67.0. The molecule has 19 heterocycles. The predicted octanol–water partition coefficient (Wildman–Crippen LogP) is 5.76. The zero-order valence-electron chi connectivity index (χ0n) is 81.0. The number of rotatable bonds is 18. The van der Waals surface area contributed by atoms with Crippen LogP contribution >= 0.6 is 47.2 Å². The van der Waals surface area contributed by atoms with Crippen molar-refractivity contribution >= 4 is 158 Å². The van der Waals surface area contributed by atoms with Gasteiger partial charge in [0.2, 0.25) is 46.3 Å². The quantitative estimate of drug-likeness (QED) is 0.0295. The smallest absolute Gasteiger partial charge is 0.444 e. The molecule has 48 nitrogen and oxygen atoms in total. The molecule has 2 atom stereocenters. The molecule has 7 aliphatic heterocycles. The van der Waals surface area contributed by atoms with E-state index >= 15 is 0 Å². The highest BCUT2D eigenvalue weighted by Gasteiger charge is 2.71. The monoisotopic (exact) mass is 2020 g/mol. The van der Waals surface area contributed by atoms with Gasteiger partial charge in [-0.15, -0.1) is 12.4 Å². The minimum atomic E-state index is -0.490. The van der Waals surface area contributed by atoms with Crippen molar-refractivity contribution in [3.63, 3.8) is 0 Å². The second kappa shape index (κ2) is 45.1. The molecule has 12 aromatic rings. The van der Waals surface area contributed by atoms with Crippen molar-refractivity contribution in [2.75, 3.05) is 216 Å². The lowest BCUT2D eigenvalue weighted by Crippen LogP contribution is -2.50. The largest absolute Gasteiger partial charge is 0.498 e. The van der Waals surface area contributed by atoms with E-state index < -0.39 is 16.8 Å². The Morgan fingerprint density at radius 3 is 1.00 bits per heavy atom. The number of ether oxygens (including phenoxy) is 5. The highest BCUT2D eigenvalue weighted by atomic mass is 35.5. The molecule has 12 aromatic heterocycles. The van der Waals surface area contributed by atoms with Crippen molar-refractivity contribution in [1.29, 1.82) is 0 Å². The number of amides is 3. The molecule has 0 bridgehead atoms. The topological polar surface area (TPSA) is 539 Å². The van der Waals surface area contributed by atoms with Gasteiger partial charge in [-0.3, -0.25) is 19.6 Å². The lowest BCUT2D eigenvalue weighted by atomic mass is 9.81. The second-order valence-corrected chi connectivity index (χ2v) is 39.1. The number of imidazole rings is 4. The number of piperazine rings is 4.